The minimum atomic E-state index is 0.0446. The van der Waals surface area contributed by atoms with Crippen LogP contribution in [0.1, 0.15) is 65.7 Å². The number of rotatable bonds is 4. The van der Waals surface area contributed by atoms with Crippen molar-refractivity contribution in [2.75, 3.05) is 0 Å². The van der Waals surface area contributed by atoms with Crippen molar-refractivity contribution in [2.45, 2.75) is 84.0 Å². The monoisotopic (exact) mass is 278 g/mol. The molecule has 3 aliphatic rings. The minimum Gasteiger partial charge on any atom is -0.323 e. The fourth-order valence-electron chi connectivity index (χ4n) is 4.35. The Hall–Kier alpha value is -0.570. The number of carbonyl (C=O) groups excluding carboxylic acids is 1. The largest absolute Gasteiger partial charge is 0.323 e. The van der Waals surface area contributed by atoms with E-state index in [1.165, 1.54) is 44.9 Å². The second-order valence-electron chi connectivity index (χ2n) is 7.55. The molecule has 1 N–H and O–H groups in total. The first-order chi connectivity index (χ1) is 9.59. The highest BCUT2D eigenvalue weighted by atomic mass is 16.2. The molecule has 1 amide bonds. The van der Waals surface area contributed by atoms with Gasteiger partial charge in [0.05, 0.1) is 12.2 Å². The molecule has 0 spiro atoms. The van der Waals surface area contributed by atoms with Crippen LogP contribution in [-0.2, 0) is 4.79 Å². The summed E-state index contributed by atoms with van der Waals surface area (Å²) in [6, 6.07) is 0.473. The van der Waals surface area contributed by atoms with Crippen LogP contribution >= 0.6 is 0 Å². The van der Waals surface area contributed by atoms with Gasteiger partial charge in [-0.2, -0.15) is 0 Å². The van der Waals surface area contributed by atoms with Crippen LogP contribution in [0.25, 0.3) is 0 Å². The smallest absolute Gasteiger partial charge is 0.241 e. The molecule has 3 rings (SSSR count). The molecule has 2 aliphatic carbocycles. The van der Waals surface area contributed by atoms with Crippen molar-refractivity contribution in [1.29, 1.82) is 0 Å². The molecule has 0 aromatic heterocycles. The Morgan fingerprint density at radius 1 is 1.05 bits per heavy atom. The standard InChI is InChI=1S/C17H30N2O/c1-11(2)15-17(20)19(12(3)13-9-6-10-13)16(18-15)14-7-4-5-8-14/h11-16,18H,4-10H2,1-3H3. The summed E-state index contributed by atoms with van der Waals surface area (Å²) < 4.78 is 0. The summed E-state index contributed by atoms with van der Waals surface area (Å²) in [5.41, 5.74) is 0. The first-order valence-corrected chi connectivity index (χ1v) is 8.68. The predicted molar refractivity (Wildman–Crippen MR) is 81.2 cm³/mol. The maximum Gasteiger partial charge on any atom is 0.241 e. The molecule has 3 fully saturated rings. The zero-order chi connectivity index (χ0) is 14.3. The maximum atomic E-state index is 12.9. The fourth-order valence-corrected chi connectivity index (χ4v) is 4.35. The van der Waals surface area contributed by atoms with E-state index in [1.807, 2.05) is 0 Å². The number of nitrogens with one attached hydrogen (secondary N) is 1. The summed E-state index contributed by atoms with van der Waals surface area (Å²) in [5, 5.41) is 3.69. The van der Waals surface area contributed by atoms with E-state index < -0.39 is 0 Å². The molecule has 0 bridgehead atoms. The summed E-state index contributed by atoms with van der Waals surface area (Å²) in [6.07, 6.45) is 9.57. The molecule has 3 heteroatoms. The summed E-state index contributed by atoms with van der Waals surface area (Å²) in [5.74, 6) is 2.20. The van der Waals surface area contributed by atoms with E-state index in [0.717, 1.165) is 5.92 Å². The Balaban J connectivity index is 1.79. The summed E-state index contributed by atoms with van der Waals surface area (Å²) >= 11 is 0. The SMILES string of the molecule is CC(C)C1NC(C2CCCC2)N(C(C)C2CCC2)C1=O. The number of nitrogens with zero attached hydrogens (tertiary/aromatic N) is 1. The lowest BCUT2D eigenvalue weighted by Gasteiger charge is -2.41. The molecular formula is C17H30N2O. The van der Waals surface area contributed by atoms with Gasteiger partial charge in [0.15, 0.2) is 0 Å². The zero-order valence-corrected chi connectivity index (χ0v) is 13.3. The van der Waals surface area contributed by atoms with Crippen LogP contribution in [0.2, 0.25) is 0 Å². The van der Waals surface area contributed by atoms with E-state index >= 15 is 0 Å². The highest BCUT2D eigenvalue weighted by molar-refractivity contribution is 5.85. The Labute approximate surface area is 123 Å². The topological polar surface area (TPSA) is 32.3 Å². The molecule has 0 aromatic rings. The third kappa shape index (κ3) is 2.38. The molecule has 0 aromatic carbocycles. The van der Waals surface area contributed by atoms with Crippen LogP contribution < -0.4 is 5.32 Å². The van der Waals surface area contributed by atoms with Crippen molar-refractivity contribution in [3.63, 3.8) is 0 Å². The maximum absolute atomic E-state index is 12.9. The Kier molecular flexibility index (Phi) is 4.07. The van der Waals surface area contributed by atoms with Crippen molar-refractivity contribution in [1.82, 2.24) is 10.2 Å². The summed E-state index contributed by atoms with van der Waals surface area (Å²) in [6.45, 7) is 6.62. The van der Waals surface area contributed by atoms with Crippen molar-refractivity contribution in [3.8, 4) is 0 Å². The first kappa shape index (κ1) is 14.4. The van der Waals surface area contributed by atoms with Crippen LogP contribution in [-0.4, -0.2) is 29.1 Å². The van der Waals surface area contributed by atoms with Gasteiger partial charge < -0.3 is 4.90 Å². The quantitative estimate of drug-likeness (QED) is 0.857. The fraction of sp³-hybridized carbons (Fsp3) is 0.941. The van der Waals surface area contributed by atoms with Gasteiger partial charge in [-0.05, 0) is 50.4 Å². The molecular weight excluding hydrogens is 248 g/mol. The Morgan fingerprint density at radius 2 is 1.70 bits per heavy atom. The number of carbonyl (C=O) groups is 1. The predicted octanol–water partition coefficient (Wildman–Crippen LogP) is 3.15. The van der Waals surface area contributed by atoms with Gasteiger partial charge in [-0.15, -0.1) is 0 Å². The molecule has 20 heavy (non-hydrogen) atoms. The molecule has 1 saturated heterocycles. The van der Waals surface area contributed by atoms with Crippen molar-refractivity contribution in [2.24, 2.45) is 17.8 Å². The van der Waals surface area contributed by atoms with E-state index in [0.29, 0.717) is 30.0 Å². The van der Waals surface area contributed by atoms with Crippen LogP contribution in [0.5, 0.6) is 0 Å². The van der Waals surface area contributed by atoms with Gasteiger partial charge in [0.2, 0.25) is 5.91 Å². The summed E-state index contributed by atoms with van der Waals surface area (Å²) in [4.78, 5) is 15.1. The van der Waals surface area contributed by atoms with E-state index in [2.05, 4.69) is 31.0 Å². The van der Waals surface area contributed by atoms with Crippen LogP contribution in [0.4, 0.5) is 0 Å². The van der Waals surface area contributed by atoms with Gasteiger partial charge in [0.1, 0.15) is 0 Å². The van der Waals surface area contributed by atoms with Crippen LogP contribution in [0.15, 0.2) is 0 Å². The molecule has 1 aliphatic heterocycles. The van der Waals surface area contributed by atoms with Gasteiger partial charge in [-0.3, -0.25) is 10.1 Å². The van der Waals surface area contributed by atoms with Gasteiger partial charge in [0, 0.05) is 6.04 Å². The normalized spacial score (nSPS) is 34.0. The molecule has 114 valence electrons. The Morgan fingerprint density at radius 3 is 2.20 bits per heavy atom. The number of amides is 1. The Bertz CT molecular complexity index is 358. The lowest BCUT2D eigenvalue weighted by molar-refractivity contribution is -0.135. The second-order valence-corrected chi connectivity index (χ2v) is 7.55. The van der Waals surface area contributed by atoms with Crippen LogP contribution in [0.3, 0.4) is 0 Å². The lowest BCUT2D eigenvalue weighted by Crippen LogP contribution is -2.50. The van der Waals surface area contributed by atoms with Gasteiger partial charge in [0.25, 0.3) is 0 Å². The third-order valence-corrected chi connectivity index (χ3v) is 5.95. The van der Waals surface area contributed by atoms with Crippen molar-refractivity contribution in [3.05, 3.63) is 0 Å². The average Bonchev–Trinajstić information content (AvgIpc) is 2.92. The molecule has 0 radical (unpaired) electrons. The van der Waals surface area contributed by atoms with E-state index in [4.69, 9.17) is 0 Å². The highest BCUT2D eigenvalue weighted by Crippen LogP contribution is 2.38. The molecule has 3 atom stereocenters. The van der Waals surface area contributed by atoms with E-state index in [-0.39, 0.29) is 6.04 Å². The minimum absolute atomic E-state index is 0.0446. The van der Waals surface area contributed by atoms with E-state index in [1.54, 1.807) is 0 Å². The molecule has 3 nitrogen and oxygen atoms in total. The molecule has 3 unspecified atom stereocenters. The lowest BCUT2D eigenvalue weighted by atomic mass is 9.79. The number of hydrogen-bond donors (Lipinski definition) is 1. The second kappa shape index (κ2) is 5.67. The molecule has 1 heterocycles. The van der Waals surface area contributed by atoms with Crippen molar-refractivity contribution < 1.29 is 4.79 Å². The zero-order valence-electron chi connectivity index (χ0n) is 13.3. The van der Waals surface area contributed by atoms with E-state index in [9.17, 15) is 4.79 Å². The average molecular weight is 278 g/mol. The summed E-state index contributed by atoms with van der Waals surface area (Å²) in [7, 11) is 0. The third-order valence-electron chi connectivity index (χ3n) is 5.95. The van der Waals surface area contributed by atoms with Gasteiger partial charge >= 0.3 is 0 Å². The number of hydrogen-bond acceptors (Lipinski definition) is 2. The highest BCUT2D eigenvalue weighted by Gasteiger charge is 2.47. The van der Waals surface area contributed by atoms with Crippen molar-refractivity contribution >= 4 is 5.91 Å². The van der Waals surface area contributed by atoms with Gasteiger partial charge in [-0.25, -0.2) is 0 Å². The molecule has 2 saturated carbocycles. The first-order valence-electron chi connectivity index (χ1n) is 8.68. The van der Waals surface area contributed by atoms with Crippen LogP contribution in [0, 0.1) is 17.8 Å². The van der Waals surface area contributed by atoms with Gasteiger partial charge in [-0.1, -0.05) is 33.1 Å².